The number of halogens is 2. The van der Waals surface area contributed by atoms with Crippen LogP contribution in [0.25, 0.3) is 0 Å². The van der Waals surface area contributed by atoms with Crippen LogP contribution in [-0.2, 0) is 4.74 Å². The first-order valence-electron chi connectivity index (χ1n) is 12.3. The van der Waals surface area contributed by atoms with Crippen LogP contribution in [0.3, 0.4) is 0 Å². The molecule has 0 aliphatic heterocycles. The topological polar surface area (TPSA) is 26.3 Å². The molecule has 0 N–H and O–H groups in total. The molecule has 0 amide bonds. The molecule has 0 radical (unpaired) electrons. The third-order valence-electron chi connectivity index (χ3n) is 5.63. The maximum atomic E-state index is 13.5. The Morgan fingerprint density at radius 3 is 1.57 bits per heavy atom. The van der Waals surface area contributed by atoms with Gasteiger partial charge < -0.3 is 4.74 Å². The van der Waals surface area contributed by atoms with Crippen LogP contribution in [-0.4, -0.2) is 12.6 Å². The third kappa shape index (κ3) is 13.7. The van der Waals surface area contributed by atoms with Crippen LogP contribution in [0.4, 0.5) is 8.78 Å². The fourth-order valence-corrected chi connectivity index (χ4v) is 3.72. The Kier molecular flexibility index (Phi) is 16.2. The molecule has 0 aliphatic rings. The van der Waals surface area contributed by atoms with Gasteiger partial charge >= 0.3 is 5.97 Å². The molecule has 4 heteroatoms. The molecular weight excluding hydrogens is 382 g/mol. The molecular formula is C26H42F2O2. The first-order valence-corrected chi connectivity index (χ1v) is 12.3. The summed E-state index contributed by atoms with van der Waals surface area (Å²) in [6.07, 6.45) is 22.0. The summed E-state index contributed by atoms with van der Waals surface area (Å²) in [5.74, 6) is -2.29. The van der Waals surface area contributed by atoms with Gasteiger partial charge in [0.05, 0.1) is 12.2 Å². The summed E-state index contributed by atoms with van der Waals surface area (Å²) in [6, 6.07) is 2.89. The molecule has 172 valence electrons. The molecule has 0 aromatic heterocycles. The van der Waals surface area contributed by atoms with Crippen molar-refractivity contribution in [1.29, 1.82) is 0 Å². The fourth-order valence-electron chi connectivity index (χ4n) is 3.72. The van der Waals surface area contributed by atoms with Crippen molar-refractivity contribution in [1.82, 2.24) is 0 Å². The summed E-state index contributed by atoms with van der Waals surface area (Å²) in [7, 11) is 0. The lowest BCUT2D eigenvalue weighted by atomic mass is 10.0. The van der Waals surface area contributed by atoms with Crippen LogP contribution in [0.15, 0.2) is 18.2 Å². The second-order valence-electron chi connectivity index (χ2n) is 8.42. The van der Waals surface area contributed by atoms with Crippen molar-refractivity contribution in [2.75, 3.05) is 6.61 Å². The first-order chi connectivity index (χ1) is 14.6. The Morgan fingerprint density at radius 1 is 0.700 bits per heavy atom. The molecule has 2 nitrogen and oxygen atoms in total. The van der Waals surface area contributed by atoms with Crippen molar-refractivity contribution in [3.05, 3.63) is 35.4 Å². The second kappa shape index (κ2) is 18.3. The predicted octanol–water partition coefficient (Wildman–Crippen LogP) is 8.77. The number of benzene rings is 1. The lowest BCUT2D eigenvalue weighted by Crippen LogP contribution is -2.08. The van der Waals surface area contributed by atoms with Gasteiger partial charge in [-0.15, -0.1) is 0 Å². The molecule has 1 rings (SSSR count). The zero-order valence-electron chi connectivity index (χ0n) is 19.0. The average Bonchev–Trinajstić information content (AvgIpc) is 2.72. The maximum Gasteiger partial charge on any atom is 0.341 e. The molecule has 0 saturated heterocycles. The van der Waals surface area contributed by atoms with E-state index < -0.39 is 17.6 Å². The first kappa shape index (κ1) is 26.6. The van der Waals surface area contributed by atoms with Crippen molar-refractivity contribution >= 4 is 5.97 Å². The summed E-state index contributed by atoms with van der Waals surface area (Å²) >= 11 is 0. The van der Waals surface area contributed by atoms with E-state index in [4.69, 9.17) is 4.74 Å². The molecule has 0 fully saturated rings. The molecule has 0 atom stereocenters. The summed E-state index contributed by atoms with van der Waals surface area (Å²) in [4.78, 5) is 11.8. The van der Waals surface area contributed by atoms with Gasteiger partial charge in [-0.2, -0.15) is 0 Å². The van der Waals surface area contributed by atoms with Gasteiger partial charge in [0, 0.05) is 6.07 Å². The van der Waals surface area contributed by atoms with Crippen LogP contribution in [0, 0.1) is 11.6 Å². The molecule has 0 aliphatic carbocycles. The Morgan fingerprint density at radius 2 is 1.13 bits per heavy atom. The molecule has 0 bridgehead atoms. The third-order valence-corrected chi connectivity index (χ3v) is 5.63. The quantitative estimate of drug-likeness (QED) is 0.164. The Labute approximate surface area is 182 Å². The Bertz CT molecular complexity index is 560. The highest BCUT2D eigenvalue weighted by Crippen LogP contribution is 2.15. The molecule has 0 heterocycles. The number of carbonyl (C=O) groups is 1. The van der Waals surface area contributed by atoms with Crippen LogP contribution in [0.5, 0.6) is 0 Å². The predicted molar refractivity (Wildman–Crippen MR) is 121 cm³/mol. The summed E-state index contributed by atoms with van der Waals surface area (Å²) < 4.78 is 31.4. The van der Waals surface area contributed by atoms with E-state index >= 15 is 0 Å². The fraction of sp³-hybridized carbons (Fsp3) is 0.731. The number of carbonyl (C=O) groups excluding carboxylic acids is 1. The second-order valence-corrected chi connectivity index (χ2v) is 8.42. The lowest BCUT2D eigenvalue weighted by Gasteiger charge is -2.06. The highest BCUT2D eigenvalue weighted by molar-refractivity contribution is 5.89. The van der Waals surface area contributed by atoms with E-state index in [0.717, 1.165) is 31.4 Å². The van der Waals surface area contributed by atoms with Crippen molar-refractivity contribution in [2.24, 2.45) is 0 Å². The molecule has 30 heavy (non-hydrogen) atoms. The standard InChI is InChI=1S/C26H42F2O2/c1-2-3-4-5-6-7-8-9-10-11-12-13-14-15-16-17-18-21-30-26(29)24-20-19-23(27)22-25(24)28/h19-20,22H,2-18,21H2,1H3. The van der Waals surface area contributed by atoms with E-state index in [2.05, 4.69) is 6.92 Å². The smallest absolute Gasteiger partial charge is 0.341 e. The van der Waals surface area contributed by atoms with Crippen molar-refractivity contribution in [3.63, 3.8) is 0 Å². The van der Waals surface area contributed by atoms with Gasteiger partial charge in [0.1, 0.15) is 11.6 Å². The van der Waals surface area contributed by atoms with Gasteiger partial charge in [0.25, 0.3) is 0 Å². The normalized spacial score (nSPS) is 11.0. The highest BCUT2D eigenvalue weighted by atomic mass is 19.1. The molecule has 1 aromatic carbocycles. The SMILES string of the molecule is CCCCCCCCCCCCCCCCCCCOC(=O)c1ccc(F)cc1F. The molecule has 0 saturated carbocycles. The van der Waals surface area contributed by atoms with E-state index in [9.17, 15) is 13.6 Å². The maximum absolute atomic E-state index is 13.5. The van der Waals surface area contributed by atoms with Gasteiger partial charge in [-0.3, -0.25) is 0 Å². The van der Waals surface area contributed by atoms with Crippen molar-refractivity contribution < 1.29 is 18.3 Å². The molecule has 1 aromatic rings. The number of hydrogen-bond donors (Lipinski definition) is 0. The minimum Gasteiger partial charge on any atom is -0.462 e. The monoisotopic (exact) mass is 424 g/mol. The number of unbranched alkanes of at least 4 members (excludes halogenated alkanes) is 16. The minimum absolute atomic E-state index is 0.205. The lowest BCUT2D eigenvalue weighted by molar-refractivity contribution is 0.0492. The van der Waals surface area contributed by atoms with Crippen LogP contribution >= 0.6 is 0 Å². The van der Waals surface area contributed by atoms with Crippen LogP contribution in [0.1, 0.15) is 126 Å². The van der Waals surface area contributed by atoms with E-state index in [1.54, 1.807) is 0 Å². The van der Waals surface area contributed by atoms with Gasteiger partial charge in [-0.1, -0.05) is 110 Å². The average molecular weight is 425 g/mol. The summed E-state index contributed by atoms with van der Waals surface area (Å²) in [6.45, 7) is 2.55. The Balaban J connectivity index is 1.82. The van der Waals surface area contributed by atoms with E-state index in [1.807, 2.05) is 0 Å². The van der Waals surface area contributed by atoms with Crippen LogP contribution in [0.2, 0.25) is 0 Å². The zero-order valence-corrected chi connectivity index (χ0v) is 19.0. The van der Waals surface area contributed by atoms with E-state index in [0.29, 0.717) is 6.07 Å². The number of rotatable bonds is 19. The highest BCUT2D eigenvalue weighted by Gasteiger charge is 2.13. The molecule has 0 spiro atoms. The van der Waals surface area contributed by atoms with Crippen molar-refractivity contribution in [2.45, 2.75) is 116 Å². The minimum atomic E-state index is -0.873. The molecule has 0 unspecified atom stereocenters. The largest absolute Gasteiger partial charge is 0.462 e. The van der Waals surface area contributed by atoms with E-state index in [-0.39, 0.29) is 12.2 Å². The number of hydrogen-bond acceptors (Lipinski definition) is 2. The number of esters is 1. The summed E-state index contributed by atoms with van der Waals surface area (Å²) in [5.41, 5.74) is -0.205. The summed E-state index contributed by atoms with van der Waals surface area (Å²) in [5, 5.41) is 0. The number of ether oxygens (including phenoxy) is 1. The Hall–Kier alpha value is -1.45. The van der Waals surface area contributed by atoms with Gasteiger partial charge in [0.15, 0.2) is 0 Å². The zero-order chi connectivity index (χ0) is 21.9. The van der Waals surface area contributed by atoms with Gasteiger partial charge in [-0.05, 0) is 18.6 Å². The van der Waals surface area contributed by atoms with Gasteiger partial charge in [-0.25, -0.2) is 13.6 Å². The van der Waals surface area contributed by atoms with Gasteiger partial charge in [0.2, 0.25) is 0 Å². The van der Waals surface area contributed by atoms with Crippen LogP contribution < -0.4 is 0 Å². The van der Waals surface area contributed by atoms with E-state index in [1.165, 1.54) is 89.9 Å². The van der Waals surface area contributed by atoms with Crippen molar-refractivity contribution in [3.8, 4) is 0 Å².